The van der Waals surface area contributed by atoms with E-state index in [9.17, 15) is 0 Å². The summed E-state index contributed by atoms with van der Waals surface area (Å²) in [7, 11) is 0. The van der Waals surface area contributed by atoms with Crippen LogP contribution in [0.3, 0.4) is 0 Å². The first-order valence-corrected chi connectivity index (χ1v) is 8.00. The summed E-state index contributed by atoms with van der Waals surface area (Å²) in [4.78, 5) is 6.36. The number of hydrogen-bond donors (Lipinski definition) is 0. The van der Waals surface area contributed by atoms with Crippen molar-refractivity contribution in [3.8, 4) is 10.6 Å². The molecule has 0 radical (unpaired) electrons. The lowest BCUT2D eigenvalue weighted by molar-refractivity contribution is 0.450. The highest BCUT2D eigenvalue weighted by Crippen LogP contribution is 2.40. The molecule has 2 aromatic rings. The predicted octanol–water partition coefficient (Wildman–Crippen LogP) is 5.26. The third-order valence-electron chi connectivity index (χ3n) is 3.54. The van der Waals surface area contributed by atoms with Gasteiger partial charge >= 0.3 is 0 Å². The highest BCUT2D eigenvalue weighted by molar-refractivity contribution is 9.10. The fourth-order valence-electron chi connectivity index (χ4n) is 2.76. The maximum atomic E-state index is 4.86. The monoisotopic (exact) mass is 321 g/mol. The van der Waals surface area contributed by atoms with Gasteiger partial charge in [-0.15, -0.1) is 11.3 Å². The third-order valence-corrected chi connectivity index (χ3v) is 5.42. The van der Waals surface area contributed by atoms with Crippen LogP contribution in [-0.4, -0.2) is 4.98 Å². The summed E-state index contributed by atoms with van der Waals surface area (Å²) in [5.41, 5.74) is 2.56. The molecule has 0 bridgehead atoms. The quantitative estimate of drug-likeness (QED) is 0.698. The third kappa shape index (κ3) is 2.26. The molecule has 1 aliphatic carbocycles. The molecule has 3 heteroatoms. The summed E-state index contributed by atoms with van der Waals surface area (Å²) in [6.45, 7) is 4.66. The van der Waals surface area contributed by atoms with Crippen molar-refractivity contribution in [3.05, 3.63) is 39.3 Å². The maximum absolute atomic E-state index is 4.86. The van der Waals surface area contributed by atoms with E-state index in [0.717, 1.165) is 16.8 Å². The fourth-order valence-corrected chi connectivity index (χ4v) is 4.32. The SMILES string of the molecule is CC1Cc2nc(-c3cccc(Br)c3)sc2C(C)C1. The van der Waals surface area contributed by atoms with Crippen molar-refractivity contribution in [1.82, 2.24) is 4.98 Å². The van der Waals surface area contributed by atoms with Crippen LogP contribution in [0, 0.1) is 5.92 Å². The lowest BCUT2D eigenvalue weighted by atomic mass is 9.86. The van der Waals surface area contributed by atoms with E-state index in [1.165, 1.54) is 27.6 Å². The van der Waals surface area contributed by atoms with Crippen molar-refractivity contribution in [2.45, 2.75) is 32.6 Å². The second-order valence-electron chi connectivity index (χ2n) is 5.29. The highest BCUT2D eigenvalue weighted by atomic mass is 79.9. The molecule has 1 aromatic heterocycles. The van der Waals surface area contributed by atoms with Crippen molar-refractivity contribution in [2.24, 2.45) is 5.92 Å². The van der Waals surface area contributed by atoms with Crippen molar-refractivity contribution < 1.29 is 0 Å². The Morgan fingerprint density at radius 1 is 1.33 bits per heavy atom. The van der Waals surface area contributed by atoms with Crippen molar-refractivity contribution in [3.63, 3.8) is 0 Å². The van der Waals surface area contributed by atoms with Crippen molar-refractivity contribution in [2.75, 3.05) is 0 Å². The number of thiazole rings is 1. The molecule has 0 saturated carbocycles. The molecule has 2 unspecified atom stereocenters. The molecule has 0 amide bonds. The molecule has 1 heterocycles. The summed E-state index contributed by atoms with van der Waals surface area (Å²) in [6, 6.07) is 8.43. The molecule has 0 fully saturated rings. The zero-order chi connectivity index (χ0) is 12.7. The number of rotatable bonds is 1. The Balaban J connectivity index is 2.03. The molecule has 3 rings (SSSR count). The smallest absolute Gasteiger partial charge is 0.123 e. The van der Waals surface area contributed by atoms with Crippen LogP contribution in [-0.2, 0) is 6.42 Å². The number of fused-ring (bicyclic) bond motifs is 1. The predicted molar refractivity (Wildman–Crippen MR) is 81.2 cm³/mol. The van der Waals surface area contributed by atoms with Crippen molar-refractivity contribution in [1.29, 1.82) is 0 Å². The van der Waals surface area contributed by atoms with E-state index in [2.05, 4.69) is 54.0 Å². The summed E-state index contributed by atoms with van der Waals surface area (Å²) < 4.78 is 1.12. The summed E-state index contributed by atoms with van der Waals surface area (Å²) in [5.74, 6) is 1.44. The van der Waals surface area contributed by atoms with E-state index in [4.69, 9.17) is 4.98 Å². The van der Waals surface area contributed by atoms with Crippen LogP contribution in [0.25, 0.3) is 10.6 Å². The largest absolute Gasteiger partial charge is 0.241 e. The number of nitrogens with zero attached hydrogens (tertiary/aromatic N) is 1. The van der Waals surface area contributed by atoms with Crippen LogP contribution in [0.15, 0.2) is 28.7 Å². The molecule has 0 saturated heterocycles. The molecule has 2 atom stereocenters. The average molecular weight is 322 g/mol. The maximum Gasteiger partial charge on any atom is 0.123 e. The van der Waals surface area contributed by atoms with E-state index < -0.39 is 0 Å². The Bertz CT molecular complexity index is 576. The molecule has 1 nitrogen and oxygen atoms in total. The van der Waals surface area contributed by atoms with Gasteiger partial charge in [-0.1, -0.05) is 41.9 Å². The molecule has 94 valence electrons. The second-order valence-corrected chi connectivity index (χ2v) is 7.23. The van der Waals surface area contributed by atoms with Gasteiger partial charge < -0.3 is 0 Å². The fraction of sp³-hybridized carbons (Fsp3) is 0.400. The molecule has 0 spiro atoms. The van der Waals surface area contributed by atoms with Gasteiger partial charge in [0.15, 0.2) is 0 Å². The topological polar surface area (TPSA) is 12.9 Å². The van der Waals surface area contributed by atoms with E-state index in [1.807, 2.05) is 11.3 Å². The first kappa shape index (κ1) is 12.4. The number of benzene rings is 1. The van der Waals surface area contributed by atoms with Crippen LogP contribution in [0.4, 0.5) is 0 Å². The highest BCUT2D eigenvalue weighted by Gasteiger charge is 2.25. The minimum absolute atomic E-state index is 0.669. The van der Waals surface area contributed by atoms with Gasteiger partial charge in [-0.2, -0.15) is 0 Å². The zero-order valence-electron chi connectivity index (χ0n) is 10.6. The van der Waals surface area contributed by atoms with Gasteiger partial charge in [0, 0.05) is 14.9 Å². The summed E-state index contributed by atoms with van der Waals surface area (Å²) >= 11 is 5.40. The van der Waals surface area contributed by atoms with E-state index in [-0.39, 0.29) is 0 Å². The normalized spacial score (nSPS) is 22.8. The molecule has 0 N–H and O–H groups in total. The minimum atomic E-state index is 0.669. The van der Waals surface area contributed by atoms with Crippen LogP contribution in [0.1, 0.15) is 36.8 Å². The molecule has 1 aromatic carbocycles. The number of aromatic nitrogens is 1. The van der Waals surface area contributed by atoms with Gasteiger partial charge in [0.05, 0.1) is 5.69 Å². The van der Waals surface area contributed by atoms with Gasteiger partial charge in [0.25, 0.3) is 0 Å². The minimum Gasteiger partial charge on any atom is -0.241 e. The number of hydrogen-bond acceptors (Lipinski definition) is 2. The van der Waals surface area contributed by atoms with E-state index >= 15 is 0 Å². The van der Waals surface area contributed by atoms with Crippen molar-refractivity contribution >= 4 is 27.3 Å². The Hall–Kier alpha value is -0.670. The van der Waals surface area contributed by atoms with Crippen LogP contribution in [0.5, 0.6) is 0 Å². The van der Waals surface area contributed by atoms with E-state index in [0.29, 0.717) is 5.92 Å². The van der Waals surface area contributed by atoms with Gasteiger partial charge in [-0.3, -0.25) is 0 Å². The van der Waals surface area contributed by atoms with Gasteiger partial charge in [0.1, 0.15) is 5.01 Å². The van der Waals surface area contributed by atoms with E-state index in [1.54, 1.807) is 0 Å². The standard InChI is InChI=1S/C15H16BrNS/c1-9-6-10(2)14-13(7-9)17-15(18-14)11-4-3-5-12(16)8-11/h3-5,8-10H,6-7H2,1-2H3. The number of halogens is 1. The molecule has 0 aliphatic heterocycles. The first-order chi connectivity index (χ1) is 8.63. The van der Waals surface area contributed by atoms with Gasteiger partial charge in [-0.25, -0.2) is 4.98 Å². The first-order valence-electron chi connectivity index (χ1n) is 6.39. The Labute approximate surface area is 120 Å². The van der Waals surface area contributed by atoms with Crippen LogP contribution >= 0.6 is 27.3 Å². The molecular weight excluding hydrogens is 306 g/mol. The second kappa shape index (κ2) is 4.78. The Morgan fingerprint density at radius 3 is 2.94 bits per heavy atom. The van der Waals surface area contributed by atoms with Crippen LogP contribution in [0.2, 0.25) is 0 Å². The van der Waals surface area contributed by atoms with Gasteiger partial charge in [-0.05, 0) is 36.8 Å². The Kier molecular flexibility index (Phi) is 3.29. The van der Waals surface area contributed by atoms with Gasteiger partial charge in [0.2, 0.25) is 0 Å². The van der Waals surface area contributed by atoms with Crippen LogP contribution < -0.4 is 0 Å². The summed E-state index contributed by atoms with van der Waals surface area (Å²) in [5, 5.41) is 1.17. The zero-order valence-corrected chi connectivity index (χ0v) is 13.0. The average Bonchev–Trinajstić information content (AvgIpc) is 2.73. The Morgan fingerprint density at radius 2 is 2.17 bits per heavy atom. The lowest BCUT2D eigenvalue weighted by Gasteiger charge is -2.22. The molecular formula is C15H16BrNS. The lowest BCUT2D eigenvalue weighted by Crippen LogP contribution is -2.12. The molecule has 18 heavy (non-hydrogen) atoms. The molecule has 1 aliphatic rings. The summed E-state index contributed by atoms with van der Waals surface area (Å²) in [6.07, 6.45) is 2.44.